The van der Waals surface area contributed by atoms with Crippen LogP contribution >= 0.6 is 0 Å². The molecule has 3 aromatic carbocycles. The predicted molar refractivity (Wildman–Crippen MR) is 96.2 cm³/mol. The van der Waals surface area contributed by atoms with E-state index in [2.05, 4.69) is 30.1 Å². The van der Waals surface area contributed by atoms with Crippen molar-refractivity contribution in [1.29, 1.82) is 0 Å². The number of nitrogens with zero attached hydrogens (tertiary/aromatic N) is 1. The molecule has 4 rings (SSSR count). The zero-order valence-electron chi connectivity index (χ0n) is 13.6. The molecule has 1 aromatic heterocycles. The fourth-order valence-electron chi connectivity index (χ4n) is 2.71. The van der Waals surface area contributed by atoms with Crippen LogP contribution < -0.4 is 4.74 Å². The molecule has 0 spiro atoms. The first-order valence-corrected chi connectivity index (χ1v) is 7.85. The Kier molecular flexibility index (Phi) is 3.54. The van der Waals surface area contributed by atoms with Gasteiger partial charge in [-0.25, -0.2) is 4.98 Å². The van der Waals surface area contributed by atoms with Crippen LogP contribution in [0.4, 0.5) is 0 Å². The van der Waals surface area contributed by atoms with E-state index in [4.69, 9.17) is 9.15 Å². The maximum atomic E-state index is 5.89. The van der Waals surface area contributed by atoms with Crippen LogP contribution in [0.5, 0.6) is 5.75 Å². The summed E-state index contributed by atoms with van der Waals surface area (Å²) in [6.45, 7) is 2.07. The molecule has 0 aliphatic rings. The zero-order valence-corrected chi connectivity index (χ0v) is 13.6. The summed E-state index contributed by atoms with van der Waals surface area (Å²) in [5.41, 5.74) is 6.09. The van der Waals surface area contributed by atoms with Crippen molar-refractivity contribution in [2.45, 2.75) is 6.92 Å². The second-order valence-electron chi connectivity index (χ2n) is 5.80. The van der Waals surface area contributed by atoms with Gasteiger partial charge in [0.2, 0.25) is 5.89 Å². The van der Waals surface area contributed by atoms with Gasteiger partial charge < -0.3 is 9.15 Å². The van der Waals surface area contributed by atoms with Crippen molar-refractivity contribution < 1.29 is 9.15 Å². The monoisotopic (exact) mass is 315 g/mol. The molecule has 3 nitrogen and oxygen atoms in total. The van der Waals surface area contributed by atoms with E-state index in [0.717, 1.165) is 33.5 Å². The van der Waals surface area contributed by atoms with Gasteiger partial charge in [0.05, 0.1) is 7.11 Å². The number of fused-ring (bicyclic) bond motifs is 1. The van der Waals surface area contributed by atoms with Gasteiger partial charge in [0.1, 0.15) is 11.3 Å². The average Bonchev–Trinajstić information content (AvgIpc) is 3.05. The minimum Gasteiger partial charge on any atom is -0.497 e. The fourth-order valence-corrected chi connectivity index (χ4v) is 2.71. The third kappa shape index (κ3) is 2.65. The predicted octanol–water partition coefficient (Wildman–Crippen LogP) is 5.48. The highest BCUT2D eigenvalue weighted by atomic mass is 16.5. The number of oxazole rings is 1. The summed E-state index contributed by atoms with van der Waals surface area (Å²) in [5.74, 6) is 1.50. The maximum Gasteiger partial charge on any atom is 0.227 e. The molecule has 0 aliphatic heterocycles. The van der Waals surface area contributed by atoms with Crippen molar-refractivity contribution in [2.75, 3.05) is 7.11 Å². The second kappa shape index (κ2) is 5.85. The average molecular weight is 315 g/mol. The van der Waals surface area contributed by atoms with E-state index in [1.807, 2.05) is 48.5 Å². The number of methoxy groups -OCH3 is 1. The minimum atomic E-state index is 0.650. The van der Waals surface area contributed by atoms with Crippen LogP contribution in [0.15, 0.2) is 71.1 Å². The van der Waals surface area contributed by atoms with Gasteiger partial charge in [0.15, 0.2) is 5.58 Å². The number of rotatable bonds is 3. The molecule has 3 heteroatoms. The maximum absolute atomic E-state index is 5.89. The van der Waals surface area contributed by atoms with Crippen molar-refractivity contribution in [1.82, 2.24) is 4.98 Å². The van der Waals surface area contributed by atoms with E-state index in [-0.39, 0.29) is 0 Å². The SMILES string of the molecule is COc1ccc(-c2ccc3oc(-c4ccc(C)cc4)nc3c2)cc1. The van der Waals surface area contributed by atoms with Crippen LogP contribution in [0, 0.1) is 6.92 Å². The highest BCUT2D eigenvalue weighted by molar-refractivity contribution is 5.82. The van der Waals surface area contributed by atoms with E-state index in [0.29, 0.717) is 5.89 Å². The van der Waals surface area contributed by atoms with Crippen molar-refractivity contribution in [2.24, 2.45) is 0 Å². The summed E-state index contributed by atoms with van der Waals surface area (Å²) in [6.07, 6.45) is 0. The van der Waals surface area contributed by atoms with E-state index >= 15 is 0 Å². The van der Waals surface area contributed by atoms with Gasteiger partial charge in [-0.05, 0) is 54.4 Å². The van der Waals surface area contributed by atoms with Gasteiger partial charge in [0.25, 0.3) is 0 Å². The lowest BCUT2D eigenvalue weighted by atomic mass is 10.1. The molecule has 0 saturated heterocycles. The lowest BCUT2D eigenvalue weighted by Crippen LogP contribution is -1.83. The first-order chi connectivity index (χ1) is 11.7. The molecule has 0 saturated carbocycles. The number of aryl methyl sites for hydroxylation is 1. The molecule has 118 valence electrons. The Labute approximate surface area is 140 Å². The molecule has 0 bridgehead atoms. The summed E-state index contributed by atoms with van der Waals surface area (Å²) >= 11 is 0. The number of hydrogen-bond donors (Lipinski definition) is 0. The molecule has 0 unspecified atom stereocenters. The fraction of sp³-hybridized carbons (Fsp3) is 0.0952. The normalized spacial score (nSPS) is 10.9. The van der Waals surface area contributed by atoms with E-state index < -0.39 is 0 Å². The quantitative estimate of drug-likeness (QED) is 0.502. The molecular formula is C21H17NO2. The molecule has 0 fully saturated rings. The summed E-state index contributed by atoms with van der Waals surface area (Å²) in [6, 6.07) is 22.3. The molecule has 4 aromatic rings. The molecular weight excluding hydrogens is 298 g/mol. The molecule has 0 N–H and O–H groups in total. The summed E-state index contributed by atoms with van der Waals surface area (Å²) < 4.78 is 11.1. The number of aromatic nitrogens is 1. The van der Waals surface area contributed by atoms with Crippen LogP contribution in [-0.4, -0.2) is 12.1 Å². The topological polar surface area (TPSA) is 35.3 Å². The first kappa shape index (κ1) is 14.5. The lowest BCUT2D eigenvalue weighted by Gasteiger charge is -2.03. The molecule has 1 heterocycles. The Balaban J connectivity index is 1.73. The highest BCUT2D eigenvalue weighted by Crippen LogP contribution is 2.29. The Morgan fingerprint density at radius 3 is 2.17 bits per heavy atom. The number of ether oxygens (including phenoxy) is 1. The van der Waals surface area contributed by atoms with Crippen molar-refractivity contribution in [3.63, 3.8) is 0 Å². The smallest absolute Gasteiger partial charge is 0.227 e. The molecule has 0 aliphatic carbocycles. The van der Waals surface area contributed by atoms with Crippen LogP contribution in [0.2, 0.25) is 0 Å². The van der Waals surface area contributed by atoms with Gasteiger partial charge in [0, 0.05) is 5.56 Å². The van der Waals surface area contributed by atoms with E-state index in [9.17, 15) is 0 Å². The lowest BCUT2D eigenvalue weighted by molar-refractivity contribution is 0.415. The first-order valence-electron chi connectivity index (χ1n) is 7.85. The van der Waals surface area contributed by atoms with Gasteiger partial charge in [-0.2, -0.15) is 0 Å². The highest BCUT2D eigenvalue weighted by Gasteiger charge is 2.09. The van der Waals surface area contributed by atoms with Gasteiger partial charge in [-0.15, -0.1) is 0 Å². The number of benzene rings is 3. The Hall–Kier alpha value is -3.07. The molecule has 24 heavy (non-hydrogen) atoms. The second-order valence-corrected chi connectivity index (χ2v) is 5.80. The molecule has 0 radical (unpaired) electrons. The van der Waals surface area contributed by atoms with E-state index in [1.54, 1.807) is 7.11 Å². The molecule has 0 atom stereocenters. The van der Waals surface area contributed by atoms with Gasteiger partial charge >= 0.3 is 0 Å². The van der Waals surface area contributed by atoms with Crippen molar-refractivity contribution in [3.05, 3.63) is 72.3 Å². The minimum absolute atomic E-state index is 0.650. The number of hydrogen-bond acceptors (Lipinski definition) is 3. The third-order valence-electron chi connectivity index (χ3n) is 4.11. The third-order valence-corrected chi connectivity index (χ3v) is 4.11. The Morgan fingerprint density at radius 2 is 1.46 bits per heavy atom. The van der Waals surface area contributed by atoms with Gasteiger partial charge in [-0.1, -0.05) is 35.9 Å². The summed E-state index contributed by atoms with van der Waals surface area (Å²) in [7, 11) is 1.67. The largest absolute Gasteiger partial charge is 0.497 e. The van der Waals surface area contributed by atoms with Crippen molar-refractivity contribution in [3.8, 4) is 28.3 Å². The van der Waals surface area contributed by atoms with Crippen LogP contribution in [0.1, 0.15) is 5.56 Å². The standard InChI is InChI=1S/C21H17NO2/c1-14-3-5-16(6-4-14)21-22-19-13-17(9-12-20(19)24-21)15-7-10-18(23-2)11-8-15/h3-13H,1-2H3. The zero-order chi connectivity index (χ0) is 16.5. The van der Waals surface area contributed by atoms with E-state index in [1.165, 1.54) is 5.56 Å². The van der Waals surface area contributed by atoms with Crippen LogP contribution in [0.25, 0.3) is 33.7 Å². The molecule has 0 amide bonds. The van der Waals surface area contributed by atoms with Crippen molar-refractivity contribution >= 4 is 11.1 Å². The van der Waals surface area contributed by atoms with Crippen LogP contribution in [0.3, 0.4) is 0 Å². The van der Waals surface area contributed by atoms with Gasteiger partial charge in [-0.3, -0.25) is 0 Å². The van der Waals surface area contributed by atoms with Crippen LogP contribution in [-0.2, 0) is 0 Å². The Morgan fingerprint density at radius 1 is 0.792 bits per heavy atom. The summed E-state index contributed by atoms with van der Waals surface area (Å²) in [5, 5.41) is 0. The summed E-state index contributed by atoms with van der Waals surface area (Å²) in [4.78, 5) is 4.64. The Bertz CT molecular complexity index is 983.